The monoisotopic (exact) mass is 260 g/mol. The molecule has 0 saturated heterocycles. The van der Waals surface area contributed by atoms with Crippen LogP contribution in [0.25, 0.3) is 0 Å². The van der Waals surface area contributed by atoms with Gasteiger partial charge in [-0.3, -0.25) is 0 Å². The van der Waals surface area contributed by atoms with Crippen LogP contribution in [0.5, 0.6) is 0 Å². The standard InChI is InChI=1S/C10H10F2N2O2S/c11-10(12)7-14-17(15,16)9-3-1-8(2-4-9)5-6-13/h1-4,10,14H,5,7H2. The van der Waals surface area contributed by atoms with E-state index in [-0.39, 0.29) is 11.3 Å². The second kappa shape index (κ2) is 5.70. The molecule has 0 aromatic heterocycles. The number of alkyl halides is 2. The summed E-state index contributed by atoms with van der Waals surface area (Å²) in [7, 11) is -3.90. The number of benzene rings is 1. The zero-order valence-electron chi connectivity index (χ0n) is 8.73. The van der Waals surface area contributed by atoms with Gasteiger partial charge in [0, 0.05) is 0 Å². The second-order valence-electron chi connectivity index (χ2n) is 3.22. The van der Waals surface area contributed by atoms with E-state index < -0.39 is 23.0 Å². The molecule has 0 spiro atoms. The largest absolute Gasteiger partial charge is 0.251 e. The zero-order chi connectivity index (χ0) is 12.9. The highest BCUT2D eigenvalue weighted by molar-refractivity contribution is 7.89. The van der Waals surface area contributed by atoms with Crippen molar-refractivity contribution in [2.75, 3.05) is 6.54 Å². The van der Waals surface area contributed by atoms with Gasteiger partial charge in [0.2, 0.25) is 10.0 Å². The number of nitriles is 1. The van der Waals surface area contributed by atoms with E-state index >= 15 is 0 Å². The number of halogens is 2. The quantitative estimate of drug-likeness (QED) is 0.867. The van der Waals surface area contributed by atoms with E-state index in [0.29, 0.717) is 5.56 Å². The van der Waals surface area contributed by atoms with Crippen LogP contribution >= 0.6 is 0 Å². The van der Waals surface area contributed by atoms with Crippen LogP contribution in [0.3, 0.4) is 0 Å². The summed E-state index contributed by atoms with van der Waals surface area (Å²) in [5.74, 6) is 0. The van der Waals surface area contributed by atoms with Crippen LogP contribution in [0.2, 0.25) is 0 Å². The lowest BCUT2D eigenvalue weighted by Crippen LogP contribution is -2.28. The van der Waals surface area contributed by atoms with Gasteiger partial charge >= 0.3 is 0 Å². The van der Waals surface area contributed by atoms with Gasteiger partial charge in [0.25, 0.3) is 6.43 Å². The molecule has 92 valence electrons. The Morgan fingerprint density at radius 1 is 1.29 bits per heavy atom. The molecule has 0 heterocycles. The number of rotatable bonds is 5. The first kappa shape index (κ1) is 13.5. The summed E-state index contributed by atoms with van der Waals surface area (Å²) in [6, 6.07) is 7.42. The van der Waals surface area contributed by atoms with Gasteiger partial charge in [-0.15, -0.1) is 0 Å². The first-order chi connectivity index (χ1) is 7.95. The molecule has 1 aromatic carbocycles. The predicted octanol–water partition coefficient (Wildman–Crippen LogP) is 1.30. The van der Waals surface area contributed by atoms with Crippen molar-refractivity contribution in [1.82, 2.24) is 4.72 Å². The maximum Gasteiger partial charge on any atom is 0.251 e. The van der Waals surface area contributed by atoms with Crippen molar-refractivity contribution in [3.8, 4) is 6.07 Å². The molecule has 4 nitrogen and oxygen atoms in total. The van der Waals surface area contributed by atoms with E-state index in [9.17, 15) is 17.2 Å². The third-order valence-electron chi connectivity index (χ3n) is 1.94. The summed E-state index contributed by atoms with van der Waals surface area (Å²) < 4.78 is 48.5. The normalized spacial score (nSPS) is 11.4. The highest BCUT2D eigenvalue weighted by Crippen LogP contribution is 2.11. The van der Waals surface area contributed by atoms with Crippen molar-refractivity contribution in [3.63, 3.8) is 0 Å². The lowest BCUT2D eigenvalue weighted by atomic mass is 10.2. The maximum absolute atomic E-state index is 11.9. The Hall–Kier alpha value is -1.52. The lowest BCUT2D eigenvalue weighted by molar-refractivity contribution is 0.153. The Balaban J connectivity index is 2.82. The fourth-order valence-electron chi connectivity index (χ4n) is 1.13. The van der Waals surface area contributed by atoms with Gasteiger partial charge in [0.1, 0.15) is 0 Å². The molecule has 1 N–H and O–H groups in total. The fraction of sp³-hybridized carbons (Fsp3) is 0.300. The van der Waals surface area contributed by atoms with Gasteiger partial charge in [0.05, 0.1) is 23.9 Å². The number of nitrogens with zero attached hydrogens (tertiary/aromatic N) is 1. The third kappa shape index (κ3) is 4.09. The van der Waals surface area contributed by atoms with E-state index in [1.165, 1.54) is 24.3 Å². The van der Waals surface area contributed by atoms with Crippen LogP contribution in [-0.4, -0.2) is 21.4 Å². The van der Waals surface area contributed by atoms with Gasteiger partial charge in [-0.25, -0.2) is 21.9 Å². The van der Waals surface area contributed by atoms with Crippen LogP contribution in [0.4, 0.5) is 8.78 Å². The summed E-state index contributed by atoms with van der Waals surface area (Å²) in [6.07, 6.45) is -2.56. The predicted molar refractivity (Wildman–Crippen MR) is 57.0 cm³/mol. The zero-order valence-corrected chi connectivity index (χ0v) is 9.55. The molecule has 7 heteroatoms. The highest BCUT2D eigenvalue weighted by atomic mass is 32.2. The molecule has 17 heavy (non-hydrogen) atoms. The van der Waals surface area contributed by atoms with E-state index in [1.54, 1.807) is 4.72 Å². The molecule has 0 amide bonds. The third-order valence-corrected chi connectivity index (χ3v) is 3.38. The van der Waals surface area contributed by atoms with E-state index in [0.717, 1.165) is 0 Å². The maximum atomic E-state index is 11.9. The molecule has 0 unspecified atom stereocenters. The van der Waals surface area contributed by atoms with Crippen LogP contribution < -0.4 is 4.72 Å². The van der Waals surface area contributed by atoms with Crippen molar-refractivity contribution < 1.29 is 17.2 Å². The Morgan fingerprint density at radius 2 is 1.88 bits per heavy atom. The Bertz CT molecular complexity index is 506. The molecule has 0 atom stereocenters. The molecule has 0 aliphatic rings. The average molecular weight is 260 g/mol. The van der Waals surface area contributed by atoms with Gasteiger partial charge < -0.3 is 0 Å². The smallest absolute Gasteiger partial charge is 0.209 e. The molecular weight excluding hydrogens is 250 g/mol. The first-order valence-corrected chi connectivity index (χ1v) is 6.18. The molecular formula is C10H10F2N2O2S. The van der Waals surface area contributed by atoms with Gasteiger partial charge in [0.15, 0.2) is 0 Å². The summed E-state index contributed by atoms with van der Waals surface area (Å²) >= 11 is 0. The minimum Gasteiger partial charge on any atom is -0.209 e. The van der Waals surface area contributed by atoms with Crippen molar-refractivity contribution in [1.29, 1.82) is 5.26 Å². The minimum absolute atomic E-state index is 0.0974. The fourth-order valence-corrected chi connectivity index (χ4v) is 2.14. The number of sulfonamides is 1. The number of hydrogen-bond donors (Lipinski definition) is 1. The molecule has 0 fully saturated rings. The highest BCUT2D eigenvalue weighted by Gasteiger charge is 2.15. The summed E-state index contributed by atoms with van der Waals surface area (Å²) in [4.78, 5) is -0.0974. The van der Waals surface area contributed by atoms with Gasteiger partial charge in [-0.05, 0) is 17.7 Å². The minimum atomic E-state index is -3.90. The van der Waals surface area contributed by atoms with Crippen LogP contribution in [0.1, 0.15) is 5.56 Å². The number of hydrogen-bond acceptors (Lipinski definition) is 3. The van der Waals surface area contributed by atoms with Crippen molar-refractivity contribution in [2.45, 2.75) is 17.7 Å². The SMILES string of the molecule is N#CCc1ccc(S(=O)(=O)NCC(F)F)cc1. The molecule has 0 radical (unpaired) electrons. The Morgan fingerprint density at radius 3 is 2.35 bits per heavy atom. The molecule has 1 rings (SSSR count). The lowest BCUT2D eigenvalue weighted by Gasteiger charge is -2.06. The van der Waals surface area contributed by atoms with Gasteiger partial charge in [-0.2, -0.15) is 5.26 Å². The average Bonchev–Trinajstić information content (AvgIpc) is 2.28. The summed E-state index contributed by atoms with van der Waals surface area (Å²) in [5, 5.41) is 8.43. The first-order valence-electron chi connectivity index (χ1n) is 4.69. The van der Waals surface area contributed by atoms with E-state index in [4.69, 9.17) is 5.26 Å². The van der Waals surface area contributed by atoms with Crippen molar-refractivity contribution in [2.24, 2.45) is 0 Å². The van der Waals surface area contributed by atoms with E-state index in [2.05, 4.69) is 0 Å². The topological polar surface area (TPSA) is 70.0 Å². The summed E-state index contributed by atoms with van der Waals surface area (Å²) in [6.45, 7) is -0.914. The number of nitrogens with one attached hydrogen (secondary N) is 1. The Labute approximate surface area is 97.9 Å². The molecule has 0 bridgehead atoms. The van der Waals surface area contributed by atoms with Crippen molar-refractivity contribution in [3.05, 3.63) is 29.8 Å². The molecule has 0 aliphatic heterocycles. The van der Waals surface area contributed by atoms with Crippen LogP contribution in [0, 0.1) is 11.3 Å². The molecule has 0 aliphatic carbocycles. The Kier molecular flexibility index (Phi) is 4.54. The second-order valence-corrected chi connectivity index (χ2v) is 4.99. The van der Waals surface area contributed by atoms with E-state index in [1.807, 2.05) is 6.07 Å². The van der Waals surface area contributed by atoms with Crippen LogP contribution in [0.15, 0.2) is 29.2 Å². The summed E-state index contributed by atoms with van der Waals surface area (Å²) in [5.41, 5.74) is 0.667. The molecule has 0 saturated carbocycles. The van der Waals surface area contributed by atoms with Gasteiger partial charge in [-0.1, -0.05) is 12.1 Å². The van der Waals surface area contributed by atoms with Crippen molar-refractivity contribution >= 4 is 10.0 Å². The molecule has 1 aromatic rings. The van der Waals surface area contributed by atoms with Crippen LogP contribution in [-0.2, 0) is 16.4 Å².